The molecular formula is C22H13F3N4O2S. The molecule has 6 nitrogen and oxygen atoms in total. The number of aromatic nitrogens is 1. The van der Waals surface area contributed by atoms with Crippen molar-refractivity contribution in [3.8, 4) is 29.0 Å². The summed E-state index contributed by atoms with van der Waals surface area (Å²) in [5.74, 6) is -0.944. The number of hydrogen-bond acceptors (Lipinski definition) is 7. The van der Waals surface area contributed by atoms with Gasteiger partial charge < -0.3 is 10.8 Å². The lowest BCUT2D eigenvalue weighted by atomic mass is 9.97. The van der Waals surface area contributed by atoms with Crippen LogP contribution in [0.5, 0.6) is 5.75 Å². The number of nitrogens with zero attached hydrogens (tertiary/aromatic N) is 3. The topological polar surface area (TPSA) is 124 Å². The Labute approximate surface area is 184 Å². The summed E-state index contributed by atoms with van der Waals surface area (Å²) in [6.07, 6.45) is -4.51. The number of anilines is 1. The molecule has 1 aromatic heterocycles. The SMILES string of the molecule is N#Cc1c(N)nc(SCC(=O)c2ccc(C(F)(F)F)cc2)c(C#N)c1-c1cccc(O)c1. The molecule has 3 aromatic rings. The maximum atomic E-state index is 12.7. The quantitative estimate of drug-likeness (QED) is 0.420. The molecule has 2 aromatic carbocycles. The normalized spacial score (nSPS) is 10.9. The predicted octanol–water partition coefficient (Wildman–Crippen LogP) is 4.77. The summed E-state index contributed by atoms with van der Waals surface area (Å²) in [5.41, 5.74) is 5.57. The number of aromatic hydroxyl groups is 1. The highest BCUT2D eigenvalue weighted by Gasteiger charge is 2.30. The smallest absolute Gasteiger partial charge is 0.416 e. The van der Waals surface area contributed by atoms with E-state index in [-0.39, 0.29) is 44.6 Å². The lowest BCUT2D eigenvalue weighted by Gasteiger charge is -2.13. The molecule has 0 unspecified atom stereocenters. The number of rotatable bonds is 5. The number of phenols is 1. The maximum Gasteiger partial charge on any atom is 0.416 e. The molecule has 1 heterocycles. The minimum atomic E-state index is -4.51. The zero-order valence-corrected chi connectivity index (χ0v) is 17.0. The highest BCUT2D eigenvalue weighted by molar-refractivity contribution is 8.00. The van der Waals surface area contributed by atoms with Crippen molar-refractivity contribution >= 4 is 23.4 Å². The highest BCUT2D eigenvalue weighted by atomic mass is 32.2. The number of ketones is 1. The van der Waals surface area contributed by atoms with E-state index in [2.05, 4.69) is 4.98 Å². The van der Waals surface area contributed by atoms with E-state index in [1.54, 1.807) is 6.07 Å². The van der Waals surface area contributed by atoms with Crippen molar-refractivity contribution in [2.75, 3.05) is 11.5 Å². The Morgan fingerprint density at radius 3 is 2.31 bits per heavy atom. The number of Topliss-reactive ketones (excluding diaryl/α,β-unsaturated/α-hetero) is 1. The summed E-state index contributed by atoms with van der Waals surface area (Å²) in [6.45, 7) is 0. The first-order chi connectivity index (χ1) is 15.2. The molecule has 0 spiro atoms. The Morgan fingerprint density at radius 1 is 1.09 bits per heavy atom. The van der Waals surface area contributed by atoms with E-state index < -0.39 is 17.5 Å². The van der Waals surface area contributed by atoms with Gasteiger partial charge in [0.15, 0.2) is 5.78 Å². The van der Waals surface area contributed by atoms with Crippen LogP contribution in [0.25, 0.3) is 11.1 Å². The molecule has 0 fully saturated rings. The summed E-state index contributed by atoms with van der Waals surface area (Å²) >= 11 is 0.873. The average molecular weight is 454 g/mol. The van der Waals surface area contributed by atoms with Crippen LogP contribution in [0, 0.1) is 22.7 Å². The number of alkyl halides is 3. The zero-order chi connectivity index (χ0) is 23.5. The van der Waals surface area contributed by atoms with Crippen molar-refractivity contribution < 1.29 is 23.1 Å². The number of nitriles is 2. The molecule has 0 radical (unpaired) electrons. The second-order valence-electron chi connectivity index (χ2n) is 6.49. The Hall–Kier alpha value is -4.02. The summed E-state index contributed by atoms with van der Waals surface area (Å²) in [7, 11) is 0. The summed E-state index contributed by atoms with van der Waals surface area (Å²) in [4.78, 5) is 16.5. The Morgan fingerprint density at radius 2 is 1.75 bits per heavy atom. The fourth-order valence-electron chi connectivity index (χ4n) is 2.91. The molecule has 0 bridgehead atoms. The molecule has 3 rings (SSSR count). The second kappa shape index (κ2) is 9.00. The van der Waals surface area contributed by atoms with Gasteiger partial charge in [0, 0.05) is 11.1 Å². The van der Waals surface area contributed by atoms with Gasteiger partial charge in [-0.25, -0.2) is 4.98 Å². The number of halogens is 3. The first kappa shape index (κ1) is 22.7. The summed E-state index contributed by atoms with van der Waals surface area (Å²) in [5, 5.41) is 29.1. The summed E-state index contributed by atoms with van der Waals surface area (Å²) in [6, 6.07) is 13.6. The van der Waals surface area contributed by atoms with E-state index in [0.29, 0.717) is 5.56 Å². The molecule has 160 valence electrons. The minimum Gasteiger partial charge on any atom is -0.508 e. The number of nitrogen functional groups attached to an aromatic ring is 1. The Bertz CT molecular complexity index is 1280. The van der Waals surface area contributed by atoms with Gasteiger partial charge in [0.1, 0.15) is 34.3 Å². The molecule has 0 amide bonds. The molecule has 0 aliphatic carbocycles. The van der Waals surface area contributed by atoms with Crippen LogP contribution in [0.2, 0.25) is 0 Å². The van der Waals surface area contributed by atoms with Crippen LogP contribution in [0.3, 0.4) is 0 Å². The van der Waals surface area contributed by atoms with Gasteiger partial charge in [0.25, 0.3) is 0 Å². The number of pyridine rings is 1. The third-order valence-electron chi connectivity index (χ3n) is 4.42. The third kappa shape index (κ3) is 4.66. The molecule has 0 aliphatic heterocycles. The van der Waals surface area contributed by atoms with Crippen molar-refractivity contribution in [1.29, 1.82) is 10.5 Å². The Balaban J connectivity index is 1.94. The van der Waals surface area contributed by atoms with Gasteiger partial charge >= 0.3 is 6.18 Å². The van der Waals surface area contributed by atoms with Crippen molar-refractivity contribution in [3.05, 3.63) is 70.8 Å². The van der Waals surface area contributed by atoms with Crippen molar-refractivity contribution in [1.82, 2.24) is 4.98 Å². The lowest BCUT2D eigenvalue weighted by Crippen LogP contribution is -2.08. The molecule has 3 N–H and O–H groups in total. The van der Waals surface area contributed by atoms with Gasteiger partial charge in [-0.3, -0.25) is 4.79 Å². The standard InChI is InChI=1S/C22H13F3N4O2S/c23-22(24,25)14-6-4-12(5-7-14)18(31)11-32-21-17(10-27)19(16(9-26)20(28)29-21)13-2-1-3-15(30)8-13/h1-8,30H,11H2,(H2,28,29). The van der Waals surface area contributed by atoms with Crippen LogP contribution >= 0.6 is 11.8 Å². The van der Waals surface area contributed by atoms with Gasteiger partial charge in [0.2, 0.25) is 0 Å². The monoisotopic (exact) mass is 454 g/mol. The van der Waals surface area contributed by atoms with Gasteiger partial charge in [-0.15, -0.1) is 0 Å². The van der Waals surface area contributed by atoms with Crippen LogP contribution in [-0.2, 0) is 6.18 Å². The third-order valence-corrected chi connectivity index (χ3v) is 5.40. The number of phenolic OH excluding ortho intramolecular Hbond substituents is 1. The van der Waals surface area contributed by atoms with Gasteiger partial charge in [-0.2, -0.15) is 23.7 Å². The average Bonchev–Trinajstić information content (AvgIpc) is 2.76. The van der Waals surface area contributed by atoms with Crippen molar-refractivity contribution in [3.63, 3.8) is 0 Å². The number of carbonyl (C=O) groups excluding carboxylic acids is 1. The first-order valence-electron chi connectivity index (χ1n) is 8.92. The van der Waals surface area contributed by atoms with E-state index in [9.17, 15) is 33.6 Å². The number of benzene rings is 2. The van der Waals surface area contributed by atoms with Crippen LogP contribution < -0.4 is 5.73 Å². The fraction of sp³-hybridized carbons (Fsp3) is 0.0909. The fourth-order valence-corrected chi connectivity index (χ4v) is 3.80. The molecule has 32 heavy (non-hydrogen) atoms. The maximum absolute atomic E-state index is 12.7. The largest absolute Gasteiger partial charge is 0.508 e. The van der Waals surface area contributed by atoms with Crippen LogP contribution in [0.1, 0.15) is 27.0 Å². The summed E-state index contributed by atoms with van der Waals surface area (Å²) < 4.78 is 38.1. The van der Waals surface area contributed by atoms with Gasteiger partial charge in [-0.05, 0) is 29.8 Å². The zero-order valence-electron chi connectivity index (χ0n) is 16.1. The minimum absolute atomic E-state index is 0.00781. The molecule has 0 saturated heterocycles. The molecule has 10 heteroatoms. The molecular weight excluding hydrogens is 441 g/mol. The molecule has 0 saturated carbocycles. The van der Waals surface area contributed by atoms with E-state index in [0.717, 1.165) is 36.0 Å². The number of hydrogen-bond donors (Lipinski definition) is 2. The van der Waals surface area contributed by atoms with Gasteiger partial charge in [-0.1, -0.05) is 36.0 Å². The van der Waals surface area contributed by atoms with E-state index in [1.165, 1.54) is 18.2 Å². The van der Waals surface area contributed by atoms with Crippen molar-refractivity contribution in [2.45, 2.75) is 11.2 Å². The van der Waals surface area contributed by atoms with Gasteiger partial charge in [0.05, 0.1) is 16.9 Å². The number of carbonyl (C=O) groups is 1. The van der Waals surface area contributed by atoms with Crippen LogP contribution in [0.4, 0.5) is 19.0 Å². The predicted molar refractivity (Wildman–Crippen MR) is 112 cm³/mol. The molecule has 0 atom stereocenters. The Kier molecular flexibility index (Phi) is 6.37. The second-order valence-corrected chi connectivity index (χ2v) is 7.45. The van der Waals surface area contributed by atoms with Crippen LogP contribution in [0.15, 0.2) is 53.6 Å². The lowest BCUT2D eigenvalue weighted by molar-refractivity contribution is -0.137. The molecule has 0 aliphatic rings. The van der Waals surface area contributed by atoms with Crippen LogP contribution in [-0.4, -0.2) is 21.6 Å². The highest BCUT2D eigenvalue weighted by Crippen LogP contribution is 2.37. The number of nitrogens with two attached hydrogens (primary N) is 1. The van der Waals surface area contributed by atoms with E-state index in [4.69, 9.17) is 5.73 Å². The van der Waals surface area contributed by atoms with E-state index >= 15 is 0 Å². The first-order valence-corrected chi connectivity index (χ1v) is 9.90. The van der Waals surface area contributed by atoms with Crippen molar-refractivity contribution in [2.24, 2.45) is 0 Å². The number of thioether (sulfide) groups is 1. The van der Waals surface area contributed by atoms with E-state index in [1.807, 2.05) is 12.1 Å².